The number of carbonyl (C=O) groups excluding carboxylic acids is 2. The fourth-order valence-electron chi connectivity index (χ4n) is 5.18. The number of nitrogens with zero attached hydrogens (tertiary/aromatic N) is 2. The number of benzene rings is 2. The van der Waals surface area contributed by atoms with Crippen LogP contribution in [0.25, 0.3) is 5.57 Å². The molecule has 0 aromatic heterocycles. The Morgan fingerprint density at radius 2 is 1.84 bits per heavy atom. The zero-order valence-corrected chi connectivity index (χ0v) is 22.4. The van der Waals surface area contributed by atoms with E-state index in [9.17, 15) is 19.3 Å². The van der Waals surface area contributed by atoms with Crippen molar-refractivity contribution < 1.29 is 24.0 Å². The topological polar surface area (TPSA) is 113 Å². The standard InChI is InChI=1S/C29H32N3O5P/c1-20(28(34)37-19-21-9-5-3-6-10-21)31(32-27(33)15-16-38(32,36)29(2,30)35)18-26-23-13-14-24(25(26)17-23)22-11-7-4-8-12-22/h3-14,17,20,26,35H,15-16,18-19,30H2,1-2H3. The molecule has 0 radical (unpaired) electrons. The van der Waals surface area contributed by atoms with Crippen molar-refractivity contribution in [3.8, 4) is 0 Å². The van der Waals surface area contributed by atoms with E-state index in [4.69, 9.17) is 10.5 Å². The van der Waals surface area contributed by atoms with Crippen molar-refractivity contribution in [2.45, 2.75) is 38.4 Å². The van der Waals surface area contributed by atoms with Crippen LogP contribution in [0.2, 0.25) is 0 Å². The van der Waals surface area contributed by atoms with Gasteiger partial charge in [0.2, 0.25) is 13.2 Å². The number of ether oxygens (including phenoxy) is 1. The predicted molar refractivity (Wildman–Crippen MR) is 145 cm³/mol. The highest BCUT2D eigenvalue weighted by Gasteiger charge is 2.56. The molecule has 38 heavy (non-hydrogen) atoms. The minimum Gasteiger partial charge on any atom is -0.460 e. The molecule has 1 fully saturated rings. The monoisotopic (exact) mass is 533 g/mol. The SMILES string of the molecule is CC(C(=O)OCc1ccccc1)N(CC1c2ccc(-c3ccccc3)c1c2)N1C(=O)CCP1(=O)C(C)(N)O. The Labute approximate surface area is 222 Å². The van der Waals surface area contributed by atoms with Crippen molar-refractivity contribution >= 4 is 24.7 Å². The van der Waals surface area contributed by atoms with Gasteiger partial charge in [-0.2, -0.15) is 5.01 Å². The number of fused-ring (bicyclic) bond motifs is 2. The number of allylic oxidation sites excluding steroid dienone is 4. The molecule has 1 heterocycles. The van der Waals surface area contributed by atoms with Crippen LogP contribution in [-0.2, 0) is 25.5 Å². The van der Waals surface area contributed by atoms with Crippen LogP contribution in [0.5, 0.6) is 0 Å². The second-order valence-corrected chi connectivity index (χ2v) is 13.2. The van der Waals surface area contributed by atoms with Crippen LogP contribution in [0.3, 0.4) is 0 Å². The highest BCUT2D eigenvalue weighted by Crippen LogP contribution is 2.63. The van der Waals surface area contributed by atoms with Crippen molar-refractivity contribution in [2.24, 2.45) is 11.7 Å². The fraction of sp³-hybridized carbons (Fsp3) is 0.310. The van der Waals surface area contributed by atoms with Gasteiger partial charge in [0.25, 0.3) is 0 Å². The summed E-state index contributed by atoms with van der Waals surface area (Å²) >= 11 is 0. The summed E-state index contributed by atoms with van der Waals surface area (Å²) in [5.74, 6) is -1.12. The van der Waals surface area contributed by atoms with Gasteiger partial charge in [-0.1, -0.05) is 78.9 Å². The van der Waals surface area contributed by atoms with E-state index in [2.05, 4.69) is 12.2 Å². The van der Waals surface area contributed by atoms with Crippen molar-refractivity contribution in [3.63, 3.8) is 0 Å². The van der Waals surface area contributed by atoms with Crippen LogP contribution in [-0.4, -0.2) is 51.0 Å². The Hall–Kier alpha value is -3.29. The minimum atomic E-state index is -3.81. The summed E-state index contributed by atoms with van der Waals surface area (Å²) in [5, 5.41) is 12.2. The van der Waals surface area contributed by atoms with E-state index >= 15 is 0 Å². The summed E-state index contributed by atoms with van der Waals surface area (Å²) < 4.78 is 20.7. The molecule has 1 saturated heterocycles. The molecule has 4 unspecified atom stereocenters. The second-order valence-electron chi connectivity index (χ2n) is 10.1. The molecule has 2 bridgehead atoms. The summed E-state index contributed by atoms with van der Waals surface area (Å²) in [6.45, 7) is 3.14. The van der Waals surface area contributed by atoms with E-state index in [1.165, 1.54) is 11.9 Å². The second kappa shape index (κ2) is 10.1. The third-order valence-corrected chi connectivity index (χ3v) is 10.7. The Morgan fingerprint density at radius 3 is 2.47 bits per heavy atom. The van der Waals surface area contributed by atoms with Crippen LogP contribution >= 0.6 is 7.29 Å². The summed E-state index contributed by atoms with van der Waals surface area (Å²) in [6.07, 6.45) is 6.09. The van der Waals surface area contributed by atoms with Crippen molar-refractivity contribution in [3.05, 3.63) is 101 Å². The lowest BCUT2D eigenvalue weighted by molar-refractivity contribution is -0.159. The zero-order chi connectivity index (χ0) is 27.1. The van der Waals surface area contributed by atoms with E-state index in [1.54, 1.807) is 6.92 Å². The van der Waals surface area contributed by atoms with Gasteiger partial charge in [-0.15, -0.1) is 0 Å². The minimum absolute atomic E-state index is 0.0296. The molecular weight excluding hydrogens is 501 g/mol. The third-order valence-electron chi connectivity index (χ3n) is 7.43. The number of hydrogen-bond acceptors (Lipinski definition) is 7. The van der Waals surface area contributed by atoms with Gasteiger partial charge in [0, 0.05) is 25.0 Å². The predicted octanol–water partition coefficient (Wildman–Crippen LogP) is 4.05. The number of nitrogens with two attached hydrogens (primary N) is 1. The zero-order valence-electron chi connectivity index (χ0n) is 21.5. The number of hydrazine groups is 1. The van der Waals surface area contributed by atoms with Gasteiger partial charge in [0.1, 0.15) is 12.6 Å². The summed E-state index contributed by atoms with van der Waals surface area (Å²) in [4.78, 5) is 26.4. The van der Waals surface area contributed by atoms with E-state index in [-0.39, 0.29) is 31.7 Å². The number of esters is 1. The lowest BCUT2D eigenvalue weighted by atomic mass is 9.70. The van der Waals surface area contributed by atoms with E-state index in [0.717, 1.165) is 32.6 Å². The van der Waals surface area contributed by atoms with Gasteiger partial charge in [-0.25, -0.2) is 4.78 Å². The quantitative estimate of drug-likeness (QED) is 0.284. The fourth-order valence-corrected chi connectivity index (χ4v) is 7.76. The van der Waals surface area contributed by atoms with Crippen molar-refractivity contribution in [2.75, 3.05) is 12.7 Å². The first-order valence-electron chi connectivity index (χ1n) is 12.7. The van der Waals surface area contributed by atoms with Crippen LogP contribution < -0.4 is 5.73 Å². The highest BCUT2D eigenvalue weighted by atomic mass is 31.2. The maximum absolute atomic E-state index is 14.0. The van der Waals surface area contributed by atoms with Gasteiger partial charge < -0.3 is 9.84 Å². The molecule has 3 aliphatic rings. The number of rotatable bonds is 9. The van der Waals surface area contributed by atoms with Crippen LogP contribution in [0.15, 0.2) is 90.0 Å². The highest BCUT2D eigenvalue weighted by molar-refractivity contribution is 7.64. The van der Waals surface area contributed by atoms with E-state index in [1.807, 2.05) is 66.7 Å². The molecular formula is C29H32N3O5P. The average Bonchev–Trinajstić information content (AvgIpc) is 3.23. The molecule has 9 heteroatoms. The van der Waals surface area contributed by atoms with Crippen LogP contribution in [0, 0.1) is 5.92 Å². The first kappa shape index (κ1) is 26.3. The summed E-state index contributed by atoms with van der Waals surface area (Å²) in [6, 6.07) is 18.3. The van der Waals surface area contributed by atoms with Gasteiger partial charge in [0.15, 0.2) is 5.47 Å². The van der Waals surface area contributed by atoms with Gasteiger partial charge in [-0.3, -0.25) is 19.9 Å². The molecule has 2 aromatic rings. The molecule has 198 valence electrons. The lowest BCUT2D eigenvalue weighted by Gasteiger charge is -2.45. The first-order valence-corrected chi connectivity index (χ1v) is 14.5. The molecule has 0 saturated carbocycles. The Bertz CT molecular complexity index is 1380. The van der Waals surface area contributed by atoms with Crippen LogP contribution in [0.4, 0.5) is 0 Å². The Balaban J connectivity index is 1.44. The van der Waals surface area contributed by atoms with Crippen molar-refractivity contribution in [1.82, 2.24) is 9.79 Å². The molecule has 2 aromatic carbocycles. The molecule has 1 amide bonds. The maximum atomic E-state index is 14.0. The molecule has 3 N–H and O–H groups in total. The molecule has 4 atom stereocenters. The molecule has 1 aliphatic heterocycles. The molecule has 2 aliphatic carbocycles. The number of hydrogen-bond donors (Lipinski definition) is 2. The Morgan fingerprint density at radius 1 is 1.18 bits per heavy atom. The van der Waals surface area contributed by atoms with E-state index in [0.29, 0.717) is 0 Å². The first-order chi connectivity index (χ1) is 18.1. The van der Waals surface area contributed by atoms with Crippen LogP contribution in [0.1, 0.15) is 31.4 Å². The van der Waals surface area contributed by atoms with Gasteiger partial charge in [0.05, 0.1) is 0 Å². The normalized spacial score (nSPS) is 24.7. The van der Waals surface area contributed by atoms with Gasteiger partial charge in [-0.05, 0) is 41.7 Å². The summed E-state index contributed by atoms with van der Waals surface area (Å²) in [5.41, 5.74) is 8.93. The number of aliphatic hydroxyl groups is 1. The average molecular weight is 534 g/mol. The smallest absolute Gasteiger partial charge is 0.325 e. The third kappa shape index (κ3) is 4.69. The number of amides is 1. The molecule has 0 spiro atoms. The Kier molecular flexibility index (Phi) is 7.01. The summed E-state index contributed by atoms with van der Waals surface area (Å²) in [7, 11) is -3.81. The van der Waals surface area contributed by atoms with Gasteiger partial charge >= 0.3 is 5.97 Å². The largest absolute Gasteiger partial charge is 0.460 e. The lowest BCUT2D eigenvalue weighted by Crippen LogP contribution is -2.55. The number of carbonyl (C=O) groups is 2. The maximum Gasteiger partial charge on any atom is 0.325 e. The van der Waals surface area contributed by atoms with E-state index < -0.39 is 30.7 Å². The molecule has 8 nitrogen and oxygen atoms in total. The molecule has 5 rings (SSSR count). The van der Waals surface area contributed by atoms with Crippen molar-refractivity contribution in [1.29, 1.82) is 0 Å².